The van der Waals surface area contributed by atoms with Crippen LogP contribution in [-0.4, -0.2) is 24.2 Å². The molecule has 3 rings (SSSR count). The molecule has 0 aliphatic heterocycles. The van der Waals surface area contributed by atoms with Crippen molar-refractivity contribution in [2.24, 2.45) is 0 Å². The van der Waals surface area contributed by atoms with E-state index < -0.39 is 0 Å². The lowest BCUT2D eigenvalue weighted by Gasteiger charge is -2.15. The predicted octanol–water partition coefficient (Wildman–Crippen LogP) is 5.11. The number of methoxy groups -OCH3 is 2. The number of rotatable bonds is 8. The maximum Gasteiger partial charge on any atom is 0.229 e. The van der Waals surface area contributed by atoms with Crippen LogP contribution in [0.1, 0.15) is 25.0 Å². The Hall–Kier alpha value is -3.28. The first-order valence-corrected chi connectivity index (χ1v) is 9.38. The van der Waals surface area contributed by atoms with Gasteiger partial charge in [0.1, 0.15) is 5.82 Å². The Kier molecular flexibility index (Phi) is 6.32. The van der Waals surface area contributed by atoms with Gasteiger partial charge in [-0.2, -0.15) is 4.98 Å². The second-order valence-corrected chi connectivity index (χ2v) is 6.24. The summed E-state index contributed by atoms with van der Waals surface area (Å²) in [6.45, 7) is 4.31. The fourth-order valence-corrected chi connectivity index (χ4v) is 3.06. The summed E-state index contributed by atoms with van der Waals surface area (Å²) in [4.78, 5) is 8.93. The molecule has 0 saturated carbocycles. The maximum absolute atomic E-state index is 5.35. The Balaban J connectivity index is 1.84. The third kappa shape index (κ3) is 4.34. The standard InChI is InChI=1S/C22H26N4O2/c1-5-15-8-7-9-16(6-2)21(15)25-20-12-13-23-22(26-20)24-17-10-11-18(27-3)19(14-17)28-4/h7-14H,5-6H2,1-4H3,(H2,23,24,25,26). The van der Waals surface area contributed by atoms with E-state index in [1.54, 1.807) is 20.4 Å². The number of ether oxygens (including phenoxy) is 2. The van der Waals surface area contributed by atoms with Gasteiger partial charge in [0.25, 0.3) is 0 Å². The maximum atomic E-state index is 5.35. The molecule has 0 saturated heterocycles. The molecule has 0 spiro atoms. The molecular formula is C22H26N4O2. The molecule has 0 radical (unpaired) electrons. The molecule has 0 unspecified atom stereocenters. The molecule has 2 N–H and O–H groups in total. The Bertz CT molecular complexity index is 921. The normalized spacial score (nSPS) is 10.4. The number of para-hydroxylation sites is 1. The van der Waals surface area contributed by atoms with Crippen LogP contribution in [0.5, 0.6) is 11.5 Å². The van der Waals surface area contributed by atoms with Crippen LogP contribution in [-0.2, 0) is 12.8 Å². The Morgan fingerprint density at radius 2 is 1.57 bits per heavy atom. The number of hydrogen-bond acceptors (Lipinski definition) is 6. The van der Waals surface area contributed by atoms with Gasteiger partial charge < -0.3 is 20.1 Å². The molecule has 1 aromatic heterocycles. The minimum absolute atomic E-state index is 0.504. The highest BCUT2D eigenvalue weighted by Gasteiger charge is 2.09. The molecular weight excluding hydrogens is 352 g/mol. The van der Waals surface area contributed by atoms with E-state index in [1.165, 1.54) is 11.1 Å². The third-order valence-corrected chi connectivity index (χ3v) is 4.55. The van der Waals surface area contributed by atoms with Crippen molar-refractivity contribution >= 4 is 23.1 Å². The summed E-state index contributed by atoms with van der Waals surface area (Å²) in [5.41, 5.74) is 4.49. The van der Waals surface area contributed by atoms with Gasteiger partial charge in [-0.1, -0.05) is 32.0 Å². The van der Waals surface area contributed by atoms with E-state index >= 15 is 0 Å². The van der Waals surface area contributed by atoms with Gasteiger partial charge in [0, 0.05) is 23.6 Å². The van der Waals surface area contributed by atoms with Crippen LogP contribution >= 0.6 is 0 Å². The van der Waals surface area contributed by atoms with Gasteiger partial charge in [0.15, 0.2) is 11.5 Å². The van der Waals surface area contributed by atoms with Crippen LogP contribution in [0.25, 0.3) is 0 Å². The highest BCUT2D eigenvalue weighted by atomic mass is 16.5. The molecule has 146 valence electrons. The first kappa shape index (κ1) is 19.5. The van der Waals surface area contributed by atoms with E-state index in [0.717, 1.165) is 30.0 Å². The molecule has 2 aromatic carbocycles. The molecule has 0 atom stereocenters. The lowest BCUT2D eigenvalue weighted by atomic mass is 10.0. The lowest BCUT2D eigenvalue weighted by molar-refractivity contribution is 0.355. The molecule has 1 heterocycles. The number of hydrogen-bond donors (Lipinski definition) is 2. The minimum atomic E-state index is 0.504. The van der Waals surface area contributed by atoms with Crippen LogP contribution in [0, 0.1) is 0 Å². The molecule has 0 amide bonds. The van der Waals surface area contributed by atoms with Gasteiger partial charge in [0.2, 0.25) is 5.95 Å². The van der Waals surface area contributed by atoms with Crippen molar-refractivity contribution in [1.82, 2.24) is 9.97 Å². The lowest BCUT2D eigenvalue weighted by Crippen LogP contribution is -2.04. The zero-order valence-corrected chi connectivity index (χ0v) is 16.7. The molecule has 0 aliphatic rings. The molecule has 3 aromatic rings. The van der Waals surface area contributed by atoms with Gasteiger partial charge >= 0.3 is 0 Å². The van der Waals surface area contributed by atoms with Crippen LogP contribution in [0.3, 0.4) is 0 Å². The Morgan fingerprint density at radius 1 is 0.857 bits per heavy atom. The molecule has 6 nitrogen and oxygen atoms in total. The van der Waals surface area contributed by atoms with Crippen molar-refractivity contribution in [3.63, 3.8) is 0 Å². The van der Waals surface area contributed by atoms with Crippen LogP contribution < -0.4 is 20.1 Å². The van der Waals surface area contributed by atoms with Crippen molar-refractivity contribution in [2.75, 3.05) is 24.9 Å². The van der Waals surface area contributed by atoms with E-state index in [0.29, 0.717) is 17.4 Å². The summed E-state index contributed by atoms with van der Waals surface area (Å²) in [6.07, 6.45) is 3.65. The van der Waals surface area contributed by atoms with E-state index in [1.807, 2.05) is 24.3 Å². The fourth-order valence-electron chi connectivity index (χ4n) is 3.06. The fraction of sp³-hybridized carbons (Fsp3) is 0.273. The van der Waals surface area contributed by atoms with E-state index in [2.05, 4.69) is 52.6 Å². The van der Waals surface area contributed by atoms with Gasteiger partial charge in [-0.05, 0) is 42.2 Å². The SMILES string of the molecule is CCc1cccc(CC)c1Nc1ccnc(Nc2ccc(OC)c(OC)c2)n1. The minimum Gasteiger partial charge on any atom is -0.493 e. The molecule has 0 aliphatic carbocycles. The van der Waals surface area contributed by atoms with E-state index in [9.17, 15) is 0 Å². The molecule has 28 heavy (non-hydrogen) atoms. The second-order valence-electron chi connectivity index (χ2n) is 6.24. The zero-order chi connectivity index (χ0) is 19.9. The number of anilines is 4. The smallest absolute Gasteiger partial charge is 0.229 e. The topological polar surface area (TPSA) is 68.3 Å². The van der Waals surface area contributed by atoms with Crippen molar-refractivity contribution in [3.8, 4) is 11.5 Å². The summed E-state index contributed by atoms with van der Waals surface area (Å²) >= 11 is 0. The quantitative estimate of drug-likeness (QED) is 0.568. The van der Waals surface area contributed by atoms with Crippen molar-refractivity contribution < 1.29 is 9.47 Å². The van der Waals surface area contributed by atoms with Gasteiger partial charge in [-0.3, -0.25) is 0 Å². The van der Waals surface area contributed by atoms with E-state index in [4.69, 9.17) is 9.47 Å². The molecule has 0 fully saturated rings. The summed E-state index contributed by atoms with van der Waals surface area (Å²) in [5.74, 6) is 2.57. The highest BCUT2D eigenvalue weighted by Crippen LogP contribution is 2.31. The Morgan fingerprint density at radius 3 is 2.21 bits per heavy atom. The van der Waals surface area contributed by atoms with Crippen molar-refractivity contribution in [1.29, 1.82) is 0 Å². The average Bonchev–Trinajstić information content (AvgIpc) is 2.74. The van der Waals surface area contributed by atoms with Gasteiger partial charge in [-0.15, -0.1) is 0 Å². The molecule has 6 heteroatoms. The van der Waals surface area contributed by atoms with Crippen LogP contribution in [0.15, 0.2) is 48.7 Å². The first-order valence-electron chi connectivity index (χ1n) is 9.38. The van der Waals surface area contributed by atoms with Gasteiger partial charge in [0.05, 0.1) is 14.2 Å². The van der Waals surface area contributed by atoms with Crippen molar-refractivity contribution in [2.45, 2.75) is 26.7 Å². The highest BCUT2D eigenvalue weighted by molar-refractivity contribution is 5.66. The average molecular weight is 378 g/mol. The summed E-state index contributed by atoms with van der Waals surface area (Å²) in [5, 5.41) is 6.69. The van der Waals surface area contributed by atoms with Crippen LogP contribution in [0.4, 0.5) is 23.1 Å². The summed E-state index contributed by atoms with van der Waals surface area (Å²) in [7, 11) is 3.22. The number of aryl methyl sites for hydroxylation is 2. The zero-order valence-electron chi connectivity index (χ0n) is 16.7. The summed E-state index contributed by atoms with van der Waals surface area (Å²) < 4.78 is 10.6. The molecule has 0 bridgehead atoms. The van der Waals surface area contributed by atoms with Crippen LogP contribution in [0.2, 0.25) is 0 Å². The monoisotopic (exact) mass is 378 g/mol. The number of aromatic nitrogens is 2. The van der Waals surface area contributed by atoms with Gasteiger partial charge in [-0.25, -0.2) is 4.98 Å². The van der Waals surface area contributed by atoms with E-state index in [-0.39, 0.29) is 0 Å². The first-order chi connectivity index (χ1) is 13.7. The summed E-state index contributed by atoms with van der Waals surface area (Å²) in [6, 6.07) is 13.8. The second kappa shape index (κ2) is 9.08. The van der Waals surface area contributed by atoms with Crippen molar-refractivity contribution in [3.05, 3.63) is 59.8 Å². The largest absolute Gasteiger partial charge is 0.493 e. The predicted molar refractivity (Wildman–Crippen MR) is 113 cm³/mol. The number of nitrogens with zero attached hydrogens (tertiary/aromatic N) is 2. The number of nitrogens with one attached hydrogen (secondary N) is 2. The number of benzene rings is 2. The Labute approximate surface area is 166 Å². The third-order valence-electron chi connectivity index (χ3n) is 4.55.